The van der Waals surface area contributed by atoms with Gasteiger partial charge in [0.1, 0.15) is 18.1 Å². The van der Waals surface area contributed by atoms with Crippen molar-refractivity contribution in [3.05, 3.63) is 11.6 Å². The number of ether oxygens (including phenoxy) is 1. The van der Waals surface area contributed by atoms with E-state index in [1.807, 2.05) is 0 Å². The molecule has 8 heteroatoms. The summed E-state index contributed by atoms with van der Waals surface area (Å²) >= 11 is 0. The molecule has 2 heterocycles. The number of hydrogen-bond donors (Lipinski definition) is 0. The minimum Gasteiger partial charge on any atom is -0.469 e. The number of fused-ring (bicyclic) bond motifs is 1. The lowest BCUT2D eigenvalue weighted by molar-refractivity contribution is -0.146. The zero-order chi connectivity index (χ0) is 13.3. The molecule has 1 aromatic rings. The van der Waals surface area contributed by atoms with Gasteiger partial charge >= 0.3 is 12.1 Å². The van der Waals surface area contributed by atoms with E-state index in [9.17, 15) is 18.0 Å². The first-order valence-corrected chi connectivity index (χ1v) is 5.46. The highest BCUT2D eigenvalue weighted by molar-refractivity contribution is 5.72. The van der Waals surface area contributed by atoms with Crippen LogP contribution in [0.25, 0.3) is 0 Å². The zero-order valence-corrected chi connectivity index (χ0v) is 9.70. The maximum Gasteiger partial charge on any atom is 0.396 e. The Bertz CT molecular complexity index is 456. The van der Waals surface area contributed by atoms with Gasteiger partial charge in [-0.2, -0.15) is 13.2 Å². The number of nitrogens with zero attached hydrogens (tertiary/aromatic N) is 3. The number of alkyl halides is 3. The Morgan fingerprint density at radius 1 is 1.50 bits per heavy atom. The minimum atomic E-state index is -4.33. The van der Waals surface area contributed by atoms with Crippen LogP contribution >= 0.6 is 0 Å². The topological polar surface area (TPSA) is 57.0 Å². The fraction of sp³-hybridized carbons (Fsp3) is 0.700. The molecule has 0 N–H and O–H groups in total. The number of methoxy groups -OCH3 is 1. The zero-order valence-electron chi connectivity index (χ0n) is 9.70. The van der Waals surface area contributed by atoms with Crippen molar-refractivity contribution in [2.75, 3.05) is 7.11 Å². The van der Waals surface area contributed by atoms with Gasteiger partial charge in [0.25, 0.3) is 0 Å². The minimum absolute atomic E-state index is 0.147. The molecule has 0 unspecified atom stereocenters. The molecule has 100 valence electrons. The monoisotopic (exact) mass is 263 g/mol. The fourth-order valence-electron chi connectivity index (χ4n) is 2.05. The second-order valence-corrected chi connectivity index (χ2v) is 4.19. The van der Waals surface area contributed by atoms with Crippen molar-refractivity contribution >= 4 is 5.97 Å². The van der Waals surface area contributed by atoms with Crippen molar-refractivity contribution < 1.29 is 22.7 Å². The number of esters is 1. The third-order valence-electron chi connectivity index (χ3n) is 2.92. The molecule has 0 aliphatic carbocycles. The average molecular weight is 263 g/mol. The molecule has 0 fully saturated rings. The van der Waals surface area contributed by atoms with Crippen molar-refractivity contribution in [1.82, 2.24) is 14.8 Å². The molecule has 1 atom stereocenters. The molecule has 1 aromatic heterocycles. The van der Waals surface area contributed by atoms with Crippen LogP contribution in [0, 0.1) is 5.92 Å². The quantitative estimate of drug-likeness (QED) is 0.750. The summed E-state index contributed by atoms with van der Waals surface area (Å²) in [4.78, 5) is 11.4. The predicted molar refractivity (Wildman–Crippen MR) is 53.6 cm³/mol. The number of carbonyl (C=O) groups is 1. The van der Waals surface area contributed by atoms with Crippen LogP contribution in [0.3, 0.4) is 0 Å². The summed E-state index contributed by atoms with van der Waals surface area (Å²) in [5, 5.41) is 7.26. The van der Waals surface area contributed by atoms with E-state index < -0.39 is 24.5 Å². The van der Waals surface area contributed by atoms with Crippen LogP contribution in [0.15, 0.2) is 0 Å². The van der Waals surface area contributed by atoms with Crippen LogP contribution < -0.4 is 0 Å². The highest BCUT2D eigenvalue weighted by Gasteiger charge is 2.34. The maximum atomic E-state index is 12.3. The molecule has 0 saturated carbocycles. The highest BCUT2D eigenvalue weighted by atomic mass is 19.4. The van der Waals surface area contributed by atoms with Gasteiger partial charge in [0.15, 0.2) is 0 Å². The van der Waals surface area contributed by atoms with Gasteiger partial charge in [0.2, 0.25) is 0 Å². The Labute approximate surface area is 101 Å². The number of rotatable bonds is 2. The smallest absolute Gasteiger partial charge is 0.396 e. The lowest BCUT2D eigenvalue weighted by atomic mass is 9.99. The Kier molecular flexibility index (Phi) is 3.27. The van der Waals surface area contributed by atoms with E-state index in [0.717, 1.165) is 0 Å². The maximum absolute atomic E-state index is 12.3. The molecule has 1 aliphatic heterocycles. The van der Waals surface area contributed by atoms with Gasteiger partial charge in [-0.05, 0) is 6.42 Å². The molecule has 18 heavy (non-hydrogen) atoms. The molecule has 2 rings (SSSR count). The summed E-state index contributed by atoms with van der Waals surface area (Å²) in [6, 6.07) is 0. The van der Waals surface area contributed by atoms with Gasteiger partial charge in [-0.1, -0.05) is 0 Å². The van der Waals surface area contributed by atoms with E-state index in [4.69, 9.17) is 0 Å². The van der Waals surface area contributed by atoms with Crippen molar-refractivity contribution in [2.45, 2.75) is 32.0 Å². The van der Waals surface area contributed by atoms with Crippen molar-refractivity contribution in [3.63, 3.8) is 0 Å². The second-order valence-electron chi connectivity index (χ2n) is 4.19. The SMILES string of the molecule is COC(=O)[C@@H]1CCc2nnc(CC(F)(F)F)n2C1. The van der Waals surface area contributed by atoms with Crippen LogP contribution in [0.2, 0.25) is 0 Å². The summed E-state index contributed by atoms with van der Waals surface area (Å²) in [7, 11) is 1.26. The average Bonchev–Trinajstić information content (AvgIpc) is 2.68. The third kappa shape index (κ3) is 2.62. The predicted octanol–water partition coefficient (Wildman–Crippen LogP) is 1.12. The number of aromatic nitrogens is 3. The summed E-state index contributed by atoms with van der Waals surface area (Å²) in [6.45, 7) is 0.153. The Morgan fingerprint density at radius 3 is 2.83 bits per heavy atom. The number of halogens is 3. The number of aryl methyl sites for hydroxylation is 1. The second kappa shape index (κ2) is 4.58. The van der Waals surface area contributed by atoms with E-state index in [-0.39, 0.29) is 12.4 Å². The molecule has 5 nitrogen and oxygen atoms in total. The molecule has 0 radical (unpaired) electrons. The first-order valence-electron chi connectivity index (χ1n) is 5.46. The standard InChI is InChI=1S/C10H12F3N3O2/c1-18-9(17)6-2-3-7-14-15-8(16(7)5-6)4-10(11,12)13/h6H,2-5H2,1H3/t6-/m1/s1. The van der Waals surface area contributed by atoms with Crippen LogP contribution in [0.5, 0.6) is 0 Å². The molecule has 0 spiro atoms. The molecular weight excluding hydrogens is 251 g/mol. The number of hydrogen-bond acceptors (Lipinski definition) is 4. The summed E-state index contributed by atoms with van der Waals surface area (Å²) in [5.41, 5.74) is 0. The van der Waals surface area contributed by atoms with E-state index in [0.29, 0.717) is 18.7 Å². The van der Waals surface area contributed by atoms with Gasteiger partial charge in [-0.15, -0.1) is 10.2 Å². The van der Waals surface area contributed by atoms with Gasteiger partial charge < -0.3 is 9.30 Å². The van der Waals surface area contributed by atoms with E-state index >= 15 is 0 Å². The van der Waals surface area contributed by atoms with Gasteiger partial charge in [0, 0.05) is 13.0 Å². The van der Waals surface area contributed by atoms with E-state index in [1.54, 1.807) is 0 Å². The Balaban J connectivity index is 2.19. The fourth-order valence-corrected chi connectivity index (χ4v) is 2.05. The van der Waals surface area contributed by atoms with Crippen LogP contribution in [0.4, 0.5) is 13.2 Å². The van der Waals surface area contributed by atoms with Crippen LogP contribution in [-0.4, -0.2) is 34.0 Å². The number of carbonyl (C=O) groups excluding carboxylic acids is 1. The van der Waals surface area contributed by atoms with Crippen molar-refractivity contribution in [2.24, 2.45) is 5.92 Å². The molecule has 0 amide bonds. The first-order chi connectivity index (χ1) is 8.40. The van der Waals surface area contributed by atoms with Crippen LogP contribution in [-0.2, 0) is 28.9 Å². The van der Waals surface area contributed by atoms with E-state index in [1.165, 1.54) is 11.7 Å². The van der Waals surface area contributed by atoms with Gasteiger partial charge in [0.05, 0.1) is 13.0 Å². The van der Waals surface area contributed by atoms with E-state index in [2.05, 4.69) is 14.9 Å². The first kappa shape index (κ1) is 12.8. The Morgan fingerprint density at radius 2 is 2.22 bits per heavy atom. The summed E-state index contributed by atoms with van der Waals surface area (Å²) in [5.74, 6) is -0.488. The van der Waals surface area contributed by atoms with Crippen molar-refractivity contribution in [3.8, 4) is 0 Å². The molecular formula is C10H12F3N3O2. The lowest BCUT2D eigenvalue weighted by Crippen LogP contribution is -2.29. The summed E-state index contributed by atoms with van der Waals surface area (Å²) in [6.07, 6.45) is -4.50. The lowest BCUT2D eigenvalue weighted by Gasteiger charge is -2.22. The highest BCUT2D eigenvalue weighted by Crippen LogP contribution is 2.25. The summed E-state index contributed by atoms with van der Waals surface area (Å²) < 4.78 is 43.0. The largest absolute Gasteiger partial charge is 0.469 e. The molecule has 0 bridgehead atoms. The third-order valence-corrected chi connectivity index (χ3v) is 2.92. The molecule has 0 aromatic carbocycles. The Hall–Kier alpha value is -1.60. The molecule has 1 aliphatic rings. The van der Waals surface area contributed by atoms with Crippen molar-refractivity contribution in [1.29, 1.82) is 0 Å². The molecule has 0 saturated heterocycles. The normalized spacial score (nSPS) is 19.4. The van der Waals surface area contributed by atoms with Gasteiger partial charge in [-0.3, -0.25) is 4.79 Å². The van der Waals surface area contributed by atoms with Crippen LogP contribution in [0.1, 0.15) is 18.1 Å². The van der Waals surface area contributed by atoms with Gasteiger partial charge in [-0.25, -0.2) is 0 Å².